The number of hydrogen-bond donors (Lipinski definition) is 1. The first-order chi connectivity index (χ1) is 9.65. The minimum absolute atomic E-state index is 0.0982. The first-order valence-corrected chi connectivity index (χ1v) is 7.34. The molecule has 4 nitrogen and oxygen atoms in total. The van der Waals surface area contributed by atoms with E-state index in [1.807, 2.05) is 23.1 Å². The van der Waals surface area contributed by atoms with Crippen molar-refractivity contribution in [3.63, 3.8) is 0 Å². The van der Waals surface area contributed by atoms with E-state index in [1.165, 1.54) is 5.56 Å². The van der Waals surface area contributed by atoms with Crippen LogP contribution >= 0.6 is 12.2 Å². The molecule has 1 aromatic rings. The summed E-state index contributed by atoms with van der Waals surface area (Å²) in [5.41, 5.74) is 8.75. The molecule has 0 unspecified atom stereocenters. The van der Waals surface area contributed by atoms with Crippen molar-refractivity contribution in [2.45, 2.75) is 26.1 Å². The molecule has 2 N–H and O–H groups in total. The molecule has 3 rings (SSSR count). The maximum atomic E-state index is 12.5. The molecule has 0 spiro atoms. The van der Waals surface area contributed by atoms with E-state index in [1.54, 1.807) is 0 Å². The van der Waals surface area contributed by atoms with Gasteiger partial charge in [0.25, 0.3) is 5.91 Å². The minimum Gasteiger partial charge on any atom is -0.393 e. The number of nitrogens with zero attached hydrogens (tertiary/aromatic N) is 1. The van der Waals surface area contributed by atoms with Crippen LogP contribution < -0.4 is 5.73 Å². The highest BCUT2D eigenvalue weighted by Crippen LogP contribution is 2.23. The van der Waals surface area contributed by atoms with Crippen molar-refractivity contribution >= 4 is 23.1 Å². The van der Waals surface area contributed by atoms with Crippen LogP contribution in [0, 0.1) is 5.92 Å². The highest BCUT2D eigenvalue weighted by Gasteiger charge is 2.25. The average molecular weight is 290 g/mol. The molecule has 1 fully saturated rings. The van der Waals surface area contributed by atoms with Gasteiger partial charge in [0.1, 0.15) is 0 Å². The Morgan fingerprint density at radius 3 is 2.65 bits per heavy atom. The van der Waals surface area contributed by atoms with E-state index in [0.29, 0.717) is 18.2 Å². The van der Waals surface area contributed by atoms with Gasteiger partial charge >= 0.3 is 0 Å². The number of nitrogens with two attached hydrogens (primary N) is 1. The number of thiocarbonyl (C=S) groups is 1. The molecule has 20 heavy (non-hydrogen) atoms. The predicted octanol–water partition coefficient (Wildman–Crippen LogP) is 1.86. The molecule has 2 aliphatic heterocycles. The molecule has 0 aliphatic carbocycles. The van der Waals surface area contributed by atoms with Crippen LogP contribution in [0.25, 0.3) is 0 Å². The summed E-state index contributed by atoms with van der Waals surface area (Å²) in [6.07, 6.45) is 1.74. The summed E-state index contributed by atoms with van der Waals surface area (Å²) >= 11 is 5.03. The van der Waals surface area contributed by atoms with Crippen LogP contribution in [0.4, 0.5) is 0 Å². The largest absolute Gasteiger partial charge is 0.393 e. The fourth-order valence-electron chi connectivity index (χ4n) is 2.85. The fraction of sp³-hybridized carbons (Fsp3) is 0.467. The molecular formula is C15H18N2O2S. The summed E-state index contributed by atoms with van der Waals surface area (Å²) in [6, 6.07) is 5.86. The van der Waals surface area contributed by atoms with Crippen LogP contribution in [-0.2, 0) is 18.0 Å². The Hall–Kier alpha value is -1.46. The van der Waals surface area contributed by atoms with Gasteiger partial charge in [-0.2, -0.15) is 0 Å². The first-order valence-electron chi connectivity index (χ1n) is 6.93. The zero-order chi connectivity index (χ0) is 14.1. The number of carbonyl (C=O) groups is 1. The summed E-state index contributed by atoms with van der Waals surface area (Å²) in [6.45, 7) is 2.73. The van der Waals surface area contributed by atoms with E-state index in [4.69, 9.17) is 22.7 Å². The predicted molar refractivity (Wildman–Crippen MR) is 80.3 cm³/mol. The van der Waals surface area contributed by atoms with E-state index < -0.39 is 0 Å². The van der Waals surface area contributed by atoms with Crippen LogP contribution in [0.5, 0.6) is 0 Å². The van der Waals surface area contributed by atoms with Gasteiger partial charge in [-0.1, -0.05) is 18.3 Å². The standard InChI is InChI=1S/C15H18N2O2S/c16-14(20)10-3-5-17(6-4-10)15(18)11-1-2-12-8-19-9-13(12)7-11/h1-2,7,10H,3-6,8-9H2,(H2,16,20). The molecule has 0 radical (unpaired) electrons. The van der Waals surface area contributed by atoms with Crippen molar-refractivity contribution in [1.82, 2.24) is 4.90 Å². The lowest BCUT2D eigenvalue weighted by atomic mass is 9.96. The topological polar surface area (TPSA) is 55.6 Å². The molecular weight excluding hydrogens is 272 g/mol. The molecule has 0 atom stereocenters. The number of piperidine rings is 1. The Balaban J connectivity index is 1.69. The summed E-state index contributed by atoms with van der Waals surface area (Å²) in [7, 11) is 0. The number of hydrogen-bond acceptors (Lipinski definition) is 3. The Labute approximate surface area is 123 Å². The van der Waals surface area contributed by atoms with Crippen LogP contribution in [0.1, 0.15) is 34.3 Å². The summed E-state index contributed by atoms with van der Waals surface area (Å²) in [5, 5.41) is 0. The van der Waals surface area contributed by atoms with Crippen molar-refractivity contribution in [2.24, 2.45) is 11.7 Å². The first kappa shape index (κ1) is 13.5. The van der Waals surface area contributed by atoms with Crippen molar-refractivity contribution < 1.29 is 9.53 Å². The number of carbonyl (C=O) groups excluding carboxylic acids is 1. The van der Waals surface area contributed by atoms with Crippen molar-refractivity contribution in [2.75, 3.05) is 13.1 Å². The molecule has 106 valence electrons. The van der Waals surface area contributed by atoms with E-state index in [-0.39, 0.29) is 11.8 Å². The number of benzene rings is 1. The second-order valence-electron chi connectivity index (χ2n) is 5.45. The molecule has 2 heterocycles. The van der Waals surface area contributed by atoms with Gasteiger partial charge in [0.05, 0.1) is 18.2 Å². The third kappa shape index (κ3) is 2.55. The lowest BCUT2D eigenvalue weighted by Crippen LogP contribution is -2.41. The van der Waals surface area contributed by atoms with Gasteiger partial charge in [0.15, 0.2) is 0 Å². The second-order valence-corrected chi connectivity index (χ2v) is 5.92. The average Bonchev–Trinajstić information content (AvgIpc) is 2.94. The zero-order valence-corrected chi connectivity index (χ0v) is 12.1. The number of fused-ring (bicyclic) bond motifs is 1. The molecule has 2 aliphatic rings. The number of rotatable bonds is 2. The van der Waals surface area contributed by atoms with Gasteiger partial charge in [-0.3, -0.25) is 4.79 Å². The maximum absolute atomic E-state index is 12.5. The Bertz CT molecular complexity index is 551. The second kappa shape index (κ2) is 5.50. The van der Waals surface area contributed by atoms with E-state index >= 15 is 0 Å². The lowest BCUT2D eigenvalue weighted by molar-refractivity contribution is 0.0710. The normalized spacial score (nSPS) is 18.9. The summed E-state index contributed by atoms with van der Waals surface area (Å²) < 4.78 is 5.38. The smallest absolute Gasteiger partial charge is 0.253 e. The molecule has 5 heteroatoms. The Morgan fingerprint density at radius 2 is 1.95 bits per heavy atom. The minimum atomic E-state index is 0.0982. The van der Waals surface area contributed by atoms with Gasteiger partial charge in [0.2, 0.25) is 0 Å². The molecule has 1 saturated heterocycles. The van der Waals surface area contributed by atoms with Gasteiger partial charge < -0.3 is 15.4 Å². The van der Waals surface area contributed by atoms with Crippen LogP contribution in [-0.4, -0.2) is 28.9 Å². The summed E-state index contributed by atoms with van der Waals surface area (Å²) in [5.74, 6) is 0.378. The van der Waals surface area contributed by atoms with Gasteiger partial charge in [0, 0.05) is 24.6 Å². The molecule has 1 amide bonds. The van der Waals surface area contributed by atoms with Crippen molar-refractivity contribution in [3.8, 4) is 0 Å². The molecule has 0 bridgehead atoms. The molecule has 0 aromatic heterocycles. The highest BCUT2D eigenvalue weighted by atomic mass is 32.1. The van der Waals surface area contributed by atoms with Crippen molar-refractivity contribution in [3.05, 3.63) is 34.9 Å². The number of amides is 1. The van der Waals surface area contributed by atoms with Gasteiger partial charge in [-0.15, -0.1) is 0 Å². The Kier molecular flexibility index (Phi) is 3.72. The maximum Gasteiger partial charge on any atom is 0.253 e. The highest BCUT2D eigenvalue weighted by molar-refractivity contribution is 7.80. The SMILES string of the molecule is NC(=S)C1CCN(C(=O)c2ccc3c(c2)COC3)CC1. The lowest BCUT2D eigenvalue weighted by Gasteiger charge is -2.31. The van der Waals surface area contributed by atoms with E-state index in [9.17, 15) is 4.79 Å². The third-order valence-electron chi connectivity index (χ3n) is 4.15. The fourth-order valence-corrected chi connectivity index (χ4v) is 3.09. The Morgan fingerprint density at radius 1 is 1.25 bits per heavy atom. The van der Waals surface area contributed by atoms with Crippen LogP contribution in [0.15, 0.2) is 18.2 Å². The van der Waals surface area contributed by atoms with E-state index in [2.05, 4.69) is 0 Å². The monoisotopic (exact) mass is 290 g/mol. The van der Waals surface area contributed by atoms with Gasteiger partial charge in [-0.05, 0) is 36.1 Å². The summed E-state index contributed by atoms with van der Waals surface area (Å²) in [4.78, 5) is 15.0. The third-order valence-corrected chi connectivity index (χ3v) is 4.49. The van der Waals surface area contributed by atoms with E-state index in [0.717, 1.165) is 37.1 Å². The number of likely N-dealkylation sites (tertiary alicyclic amines) is 1. The van der Waals surface area contributed by atoms with Crippen molar-refractivity contribution in [1.29, 1.82) is 0 Å². The number of ether oxygens (including phenoxy) is 1. The zero-order valence-electron chi connectivity index (χ0n) is 11.3. The van der Waals surface area contributed by atoms with Gasteiger partial charge in [-0.25, -0.2) is 0 Å². The quantitative estimate of drug-likeness (QED) is 0.845. The van der Waals surface area contributed by atoms with Crippen LogP contribution in [0.2, 0.25) is 0 Å². The van der Waals surface area contributed by atoms with Crippen LogP contribution in [0.3, 0.4) is 0 Å². The molecule has 0 saturated carbocycles. The molecule has 1 aromatic carbocycles.